The first-order valence-corrected chi connectivity index (χ1v) is 6.92. The summed E-state index contributed by atoms with van der Waals surface area (Å²) in [6.45, 7) is 5.58. The van der Waals surface area contributed by atoms with E-state index in [9.17, 15) is 4.79 Å². The molecule has 2 rings (SSSR count). The Kier molecular flexibility index (Phi) is 4.40. The van der Waals surface area contributed by atoms with Crippen LogP contribution in [0.4, 0.5) is 0 Å². The van der Waals surface area contributed by atoms with E-state index in [-0.39, 0.29) is 11.8 Å². The number of carbonyl (C=O) groups excluding carboxylic acids is 1. The third kappa shape index (κ3) is 3.19. The van der Waals surface area contributed by atoms with Gasteiger partial charge in [0.1, 0.15) is 0 Å². The molecule has 2 aliphatic rings. The number of amides is 1. The average molecular weight is 239 g/mol. The number of hydrogen-bond acceptors (Lipinski definition) is 3. The summed E-state index contributed by atoms with van der Waals surface area (Å²) in [6, 6.07) is 0.745. The number of nitrogens with zero attached hydrogens (tertiary/aromatic N) is 1. The summed E-state index contributed by atoms with van der Waals surface area (Å²) in [5.41, 5.74) is 5.40. The Labute approximate surface area is 104 Å². The van der Waals surface area contributed by atoms with E-state index in [1.807, 2.05) is 0 Å². The summed E-state index contributed by atoms with van der Waals surface area (Å²) in [4.78, 5) is 14.4. The molecule has 1 saturated heterocycles. The molecule has 1 saturated carbocycles. The summed E-state index contributed by atoms with van der Waals surface area (Å²) in [5.74, 6) is 1.27. The molecule has 0 bridgehead atoms. The highest BCUT2D eigenvalue weighted by Gasteiger charge is 2.35. The quantitative estimate of drug-likeness (QED) is 0.754. The first-order chi connectivity index (χ1) is 8.20. The van der Waals surface area contributed by atoms with Crippen LogP contribution in [0, 0.1) is 11.8 Å². The van der Waals surface area contributed by atoms with Gasteiger partial charge in [0, 0.05) is 25.7 Å². The molecule has 0 radical (unpaired) electrons. The van der Waals surface area contributed by atoms with E-state index in [0.717, 1.165) is 31.3 Å². The minimum absolute atomic E-state index is 0.186. The van der Waals surface area contributed by atoms with Crippen molar-refractivity contribution in [1.29, 1.82) is 0 Å². The molecule has 17 heavy (non-hydrogen) atoms. The summed E-state index contributed by atoms with van der Waals surface area (Å²) in [7, 11) is 0. The van der Waals surface area contributed by atoms with Crippen molar-refractivity contribution in [3.05, 3.63) is 0 Å². The highest BCUT2D eigenvalue weighted by molar-refractivity contribution is 5.78. The zero-order chi connectivity index (χ0) is 12.3. The third-order valence-electron chi connectivity index (χ3n) is 4.13. The van der Waals surface area contributed by atoms with Gasteiger partial charge in [-0.3, -0.25) is 9.69 Å². The average Bonchev–Trinajstić information content (AvgIpc) is 2.32. The fraction of sp³-hybridized carbons (Fsp3) is 0.923. The minimum atomic E-state index is 0.186. The van der Waals surface area contributed by atoms with E-state index < -0.39 is 0 Å². The molecule has 98 valence electrons. The molecule has 0 aromatic carbocycles. The van der Waals surface area contributed by atoms with E-state index in [0.29, 0.717) is 13.1 Å². The smallest absolute Gasteiger partial charge is 0.224 e. The number of carbonyl (C=O) groups is 1. The maximum Gasteiger partial charge on any atom is 0.224 e. The van der Waals surface area contributed by atoms with Crippen LogP contribution in [0.2, 0.25) is 0 Å². The number of piperidine rings is 1. The van der Waals surface area contributed by atoms with Gasteiger partial charge >= 0.3 is 0 Å². The number of likely N-dealkylation sites (tertiary alicyclic amines) is 1. The second-order valence-electron chi connectivity index (χ2n) is 5.64. The monoisotopic (exact) mass is 239 g/mol. The van der Waals surface area contributed by atoms with Crippen LogP contribution in [0.5, 0.6) is 0 Å². The van der Waals surface area contributed by atoms with Gasteiger partial charge in [-0.05, 0) is 38.1 Å². The molecule has 1 atom stereocenters. The Bertz CT molecular complexity index is 263. The first kappa shape index (κ1) is 12.8. The lowest BCUT2D eigenvalue weighted by molar-refractivity contribution is -0.127. The van der Waals surface area contributed by atoms with Crippen LogP contribution in [0.3, 0.4) is 0 Å². The van der Waals surface area contributed by atoms with Gasteiger partial charge in [-0.1, -0.05) is 6.92 Å². The number of nitrogens with one attached hydrogen (secondary N) is 1. The van der Waals surface area contributed by atoms with Crippen molar-refractivity contribution in [3.8, 4) is 0 Å². The maximum absolute atomic E-state index is 11.9. The van der Waals surface area contributed by atoms with Crippen LogP contribution < -0.4 is 11.1 Å². The van der Waals surface area contributed by atoms with E-state index >= 15 is 0 Å². The number of rotatable bonds is 4. The van der Waals surface area contributed by atoms with Crippen LogP contribution >= 0.6 is 0 Å². The van der Waals surface area contributed by atoms with Crippen molar-refractivity contribution in [2.45, 2.75) is 38.6 Å². The topological polar surface area (TPSA) is 58.4 Å². The minimum Gasteiger partial charge on any atom is -0.355 e. The zero-order valence-electron chi connectivity index (χ0n) is 10.8. The molecule has 4 heteroatoms. The Hall–Kier alpha value is -0.610. The lowest BCUT2D eigenvalue weighted by Gasteiger charge is -2.45. The Morgan fingerprint density at radius 2 is 2.24 bits per heavy atom. The summed E-state index contributed by atoms with van der Waals surface area (Å²) in [6.07, 6.45) is 4.83. The van der Waals surface area contributed by atoms with Crippen LogP contribution in [0.1, 0.15) is 32.6 Å². The van der Waals surface area contributed by atoms with Gasteiger partial charge < -0.3 is 11.1 Å². The predicted molar refractivity (Wildman–Crippen MR) is 68.5 cm³/mol. The molecule has 1 aliphatic heterocycles. The predicted octanol–water partition coefficient (Wildman–Crippen LogP) is 0.572. The van der Waals surface area contributed by atoms with Gasteiger partial charge in [0.25, 0.3) is 0 Å². The van der Waals surface area contributed by atoms with E-state index in [2.05, 4.69) is 17.1 Å². The standard InChI is InChI=1S/C13H25N3O/c1-10-7-12(8-10)16-6-2-3-11(9-16)13(17)15-5-4-14/h10-12H,2-9,14H2,1H3,(H,15,17). The van der Waals surface area contributed by atoms with E-state index in [4.69, 9.17) is 5.73 Å². The van der Waals surface area contributed by atoms with Crippen molar-refractivity contribution in [2.24, 2.45) is 17.6 Å². The van der Waals surface area contributed by atoms with Gasteiger partial charge in [0.15, 0.2) is 0 Å². The largest absolute Gasteiger partial charge is 0.355 e. The van der Waals surface area contributed by atoms with Gasteiger partial charge in [-0.25, -0.2) is 0 Å². The van der Waals surface area contributed by atoms with Crippen molar-refractivity contribution in [3.63, 3.8) is 0 Å². The summed E-state index contributed by atoms with van der Waals surface area (Å²) in [5, 5.41) is 2.92. The highest BCUT2D eigenvalue weighted by Crippen LogP contribution is 2.33. The zero-order valence-corrected chi connectivity index (χ0v) is 10.8. The van der Waals surface area contributed by atoms with Crippen molar-refractivity contribution in [2.75, 3.05) is 26.2 Å². The lowest BCUT2D eigenvalue weighted by atomic mass is 9.79. The molecular formula is C13H25N3O. The maximum atomic E-state index is 11.9. The molecule has 1 amide bonds. The molecule has 3 N–H and O–H groups in total. The van der Waals surface area contributed by atoms with Crippen LogP contribution in [-0.4, -0.2) is 43.0 Å². The molecular weight excluding hydrogens is 214 g/mol. The van der Waals surface area contributed by atoms with E-state index in [1.165, 1.54) is 19.4 Å². The van der Waals surface area contributed by atoms with Crippen LogP contribution in [0.15, 0.2) is 0 Å². The third-order valence-corrected chi connectivity index (χ3v) is 4.13. The van der Waals surface area contributed by atoms with Crippen molar-refractivity contribution in [1.82, 2.24) is 10.2 Å². The molecule has 1 unspecified atom stereocenters. The Balaban J connectivity index is 1.78. The number of hydrogen-bond donors (Lipinski definition) is 2. The molecule has 0 aromatic rings. The van der Waals surface area contributed by atoms with Crippen molar-refractivity contribution < 1.29 is 4.79 Å². The SMILES string of the molecule is CC1CC(N2CCCC(C(=O)NCCN)C2)C1. The molecule has 4 nitrogen and oxygen atoms in total. The molecule has 1 heterocycles. The van der Waals surface area contributed by atoms with Crippen LogP contribution in [0.25, 0.3) is 0 Å². The summed E-state index contributed by atoms with van der Waals surface area (Å²) < 4.78 is 0. The second kappa shape index (κ2) is 5.83. The molecule has 2 fully saturated rings. The fourth-order valence-corrected chi connectivity index (χ4v) is 3.05. The van der Waals surface area contributed by atoms with Crippen molar-refractivity contribution >= 4 is 5.91 Å². The molecule has 1 aliphatic carbocycles. The molecule has 0 spiro atoms. The first-order valence-electron chi connectivity index (χ1n) is 6.92. The van der Waals surface area contributed by atoms with Crippen LogP contribution in [-0.2, 0) is 4.79 Å². The Morgan fingerprint density at radius 3 is 2.88 bits per heavy atom. The summed E-state index contributed by atoms with van der Waals surface area (Å²) >= 11 is 0. The lowest BCUT2D eigenvalue weighted by Crippen LogP contribution is -2.51. The van der Waals surface area contributed by atoms with Gasteiger partial charge in [-0.15, -0.1) is 0 Å². The highest BCUT2D eigenvalue weighted by atomic mass is 16.1. The van der Waals surface area contributed by atoms with Gasteiger partial charge in [0.2, 0.25) is 5.91 Å². The van der Waals surface area contributed by atoms with Gasteiger partial charge in [0.05, 0.1) is 5.92 Å². The normalized spacial score (nSPS) is 34.1. The molecule has 0 aromatic heterocycles. The number of nitrogens with two attached hydrogens (primary N) is 1. The second-order valence-corrected chi connectivity index (χ2v) is 5.64. The van der Waals surface area contributed by atoms with E-state index in [1.54, 1.807) is 0 Å². The Morgan fingerprint density at radius 1 is 1.47 bits per heavy atom. The van der Waals surface area contributed by atoms with Gasteiger partial charge in [-0.2, -0.15) is 0 Å². The fourth-order valence-electron chi connectivity index (χ4n) is 3.05.